The number of hydrogen-bond acceptors (Lipinski definition) is 5. The maximum atomic E-state index is 13.6. The van der Waals surface area contributed by atoms with Crippen LogP contribution < -0.4 is 10.1 Å². The van der Waals surface area contributed by atoms with E-state index in [9.17, 15) is 9.59 Å². The Labute approximate surface area is 224 Å². The van der Waals surface area contributed by atoms with E-state index >= 15 is 0 Å². The Balaban J connectivity index is 1.49. The van der Waals surface area contributed by atoms with E-state index in [1.54, 1.807) is 0 Å². The van der Waals surface area contributed by atoms with E-state index in [0.29, 0.717) is 29.7 Å². The molecule has 0 spiro atoms. The molecule has 0 unspecified atom stereocenters. The molecule has 5 rings (SSSR count). The summed E-state index contributed by atoms with van der Waals surface area (Å²) in [4.78, 5) is 27.2. The lowest BCUT2D eigenvalue weighted by atomic mass is 9.68. The third-order valence-electron chi connectivity index (χ3n) is 7.10. The van der Waals surface area contributed by atoms with Crippen molar-refractivity contribution in [3.63, 3.8) is 0 Å². The number of nitrogens with one attached hydrogen (secondary N) is 1. The topological polar surface area (TPSA) is 64.6 Å². The van der Waals surface area contributed by atoms with Crippen molar-refractivity contribution >= 4 is 11.8 Å². The summed E-state index contributed by atoms with van der Waals surface area (Å²) in [6.45, 7) is 6.36. The van der Waals surface area contributed by atoms with E-state index in [4.69, 9.17) is 9.47 Å². The first-order valence-electron chi connectivity index (χ1n) is 13.1. The number of benzene rings is 3. The van der Waals surface area contributed by atoms with Gasteiger partial charge in [0.05, 0.1) is 12.2 Å². The molecule has 194 valence electrons. The molecule has 0 fully saturated rings. The minimum Gasteiger partial charge on any atom is -0.462 e. The molecule has 1 heterocycles. The number of rotatable bonds is 7. The number of hydrogen-bond donors (Lipinski definition) is 1. The summed E-state index contributed by atoms with van der Waals surface area (Å²) in [5.74, 6) is 0.489. The van der Waals surface area contributed by atoms with E-state index in [2.05, 4.69) is 19.2 Å². The highest BCUT2D eigenvalue weighted by Crippen LogP contribution is 2.47. The van der Waals surface area contributed by atoms with Crippen molar-refractivity contribution in [1.29, 1.82) is 0 Å². The first-order chi connectivity index (χ1) is 18.3. The Bertz CT molecular complexity index is 1400. The van der Waals surface area contributed by atoms with Gasteiger partial charge in [-0.05, 0) is 54.2 Å². The van der Waals surface area contributed by atoms with Crippen molar-refractivity contribution in [3.8, 4) is 11.5 Å². The standard InChI is InChI=1S/C33H33NO4/c1-22-29(32(36)37-18-17-23-11-6-4-7-12-23)30(31-27(34-22)20-33(2,3)21-28(31)35)24-13-10-16-26(19-24)38-25-14-8-5-9-15-25/h4-16,19,30,34H,17-18,20-21H2,1-3H3/t30-/m1/s1. The lowest BCUT2D eigenvalue weighted by Crippen LogP contribution is -2.38. The quantitative estimate of drug-likeness (QED) is 0.354. The third-order valence-corrected chi connectivity index (χ3v) is 7.10. The molecule has 0 aromatic heterocycles. The van der Waals surface area contributed by atoms with Crippen LogP contribution in [-0.2, 0) is 20.7 Å². The van der Waals surface area contributed by atoms with E-state index in [-0.39, 0.29) is 17.8 Å². The molecular weight excluding hydrogens is 474 g/mol. The van der Waals surface area contributed by atoms with Crippen LogP contribution in [-0.4, -0.2) is 18.4 Å². The highest BCUT2D eigenvalue weighted by molar-refractivity contribution is 6.04. The monoisotopic (exact) mass is 507 g/mol. The fourth-order valence-electron chi connectivity index (χ4n) is 5.41. The predicted molar refractivity (Wildman–Crippen MR) is 148 cm³/mol. The van der Waals surface area contributed by atoms with Gasteiger partial charge in [-0.3, -0.25) is 4.79 Å². The largest absolute Gasteiger partial charge is 0.462 e. The predicted octanol–water partition coefficient (Wildman–Crippen LogP) is 6.87. The fourth-order valence-corrected chi connectivity index (χ4v) is 5.41. The second-order valence-corrected chi connectivity index (χ2v) is 10.8. The molecule has 5 heteroatoms. The molecular formula is C33H33NO4. The minimum absolute atomic E-state index is 0.0604. The van der Waals surface area contributed by atoms with Gasteiger partial charge < -0.3 is 14.8 Å². The molecule has 38 heavy (non-hydrogen) atoms. The number of dihydropyridines is 1. The lowest BCUT2D eigenvalue weighted by Gasteiger charge is -2.39. The normalized spacial score (nSPS) is 18.5. The van der Waals surface area contributed by atoms with E-state index in [0.717, 1.165) is 34.7 Å². The molecule has 0 bridgehead atoms. The Kier molecular flexibility index (Phi) is 7.19. The molecule has 5 nitrogen and oxygen atoms in total. The maximum Gasteiger partial charge on any atom is 0.336 e. The highest BCUT2D eigenvalue weighted by Gasteiger charge is 2.43. The number of para-hydroxylation sites is 1. The Morgan fingerprint density at radius 3 is 2.34 bits per heavy atom. The van der Waals surface area contributed by atoms with Crippen molar-refractivity contribution in [2.75, 3.05) is 6.61 Å². The van der Waals surface area contributed by atoms with Crippen LogP contribution in [0, 0.1) is 5.41 Å². The molecule has 2 aliphatic rings. The first kappa shape index (κ1) is 25.5. The molecule has 1 atom stereocenters. The van der Waals surface area contributed by atoms with Gasteiger partial charge >= 0.3 is 5.97 Å². The van der Waals surface area contributed by atoms with Crippen LogP contribution in [0.5, 0.6) is 11.5 Å². The first-order valence-corrected chi connectivity index (χ1v) is 13.1. The van der Waals surface area contributed by atoms with Gasteiger partial charge in [-0.1, -0.05) is 74.5 Å². The van der Waals surface area contributed by atoms with Gasteiger partial charge in [0.1, 0.15) is 11.5 Å². The molecule has 0 radical (unpaired) electrons. The van der Waals surface area contributed by atoms with Crippen LogP contribution in [0.15, 0.2) is 107 Å². The van der Waals surface area contributed by atoms with E-state index in [1.165, 1.54) is 0 Å². The molecule has 0 saturated heterocycles. The fraction of sp³-hybridized carbons (Fsp3) is 0.273. The van der Waals surface area contributed by atoms with E-state index < -0.39 is 11.9 Å². The average molecular weight is 508 g/mol. The third kappa shape index (κ3) is 5.57. The van der Waals surface area contributed by atoms with Gasteiger partial charge in [0.25, 0.3) is 0 Å². The van der Waals surface area contributed by atoms with Crippen LogP contribution in [0.25, 0.3) is 0 Å². The number of carbonyl (C=O) groups is 2. The summed E-state index contributed by atoms with van der Waals surface area (Å²) in [5.41, 5.74) is 4.52. The lowest BCUT2D eigenvalue weighted by molar-refractivity contribution is -0.139. The summed E-state index contributed by atoms with van der Waals surface area (Å²) < 4.78 is 11.9. The zero-order valence-corrected chi connectivity index (χ0v) is 22.1. The molecule has 1 N–H and O–H groups in total. The number of esters is 1. The molecule has 0 amide bonds. The summed E-state index contributed by atoms with van der Waals surface area (Å²) in [7, 11) is 0. The Hall–Kier alpha value is -4.12. The molecule has 0 saturated carbocycles. The zero-order valence-electron chi connectivity index (χ0n) is 22.1. The number of ketones is 1. The second-order valence-electron chi connectivity index (χ2n) is 10.8. The Morgan fingerprint density at radius 1 is 0.921 bits per heavy atom. The number of carbonyl (C=O) groups excluding carboxylic acids is 2. The van der Waals surface area contributed by atoms with Gasteiger partial charge in [-0.25, -0.2) is 4.79 Å². The second kappa shape index (κ2) is 10.7. The SMILES string of the molecule is CC1=C(C(=O)OCCc2ccccc2)[C@@H](c2cccc(Oc3ccccc3)c2)C2=C(CC(C)(C)CC2=O)N1. The van der Waals surface area contributed by atoms with Gasteiger partial charge in [0, 0.05) is 35.7 Å². The summed E-state index contributed by atoms with van der Waals surface area (Å²) in [5, 5.41) is 3.40. The summed E-state index contributed by atoms with van der Waals surface area (Å²) in [6.07, 6.45) is 1.79. The van der Waals surface area contributed by atoms with Crippen LogP contribution in [0.1, 0.15) is 50.7 Å². The van der Waals surface area contributed by atoms with Crippen LogP contribution in [0.2, 0.25) is 0 Å². The number of ether oxygens (including phenoxy) is 2. The number of allylic oxidation sites excluding steroid dienone is 3. The molecule has 3 aromatic carbocycles. The van der Waals surface area contributed by atoms with Crippen molar-refractivity contribution in [2.24, 2.45) is 5.41 Å². The maximum absolute atomic E-state index is 13.6. The molecule has 1 aliphatic carbocycles. The highest BCUT2D eigenvalue weighted by atomic mass is 16.5. The van der Waals surface area contributed by atoms with Gasteiger partial charge in [0.2, 0.25) is 0 Å². The van der Waals surface area contributed by atoms with Gasteiger partial charge in [0.15, 0.2) is 5.78 Å². The van der Waals surface area contributed by atoms with Gasteiger partial charge in [-0.15, -0.1) is 0 Å². The van der Waals surface area contributed by atoms with Crippen LogP contribution in [0.3, 0.4) is 0 Å². The van der Waals surface area contributed by atoms with Crippen molar-refractivity contribution < 1.29 is 19.1 Å². The van der Waals surface area contributed by atoms with Crippen LogP contribution >= 0.6 is 0 Å². The van der Waals surface area contributed by atoms with Gasteiger partial charge in [-0.2, -0.15) is 0 Å². The average Bonchev–Trinajstić information content (AvgIpc) is 2.88. The molecule has 3 aromatic rings. The number of Topliss-reactive ketones (excluding diaryl/α,β-unsaturated/α-hetero) is 1. The van der Waals surface area contributed by atoms with Crippen LogP contribution in [0.4, 0.5) is 0 Å². The molecule has 1 aliphatic heterocycles. The van der Waals surface area contributed by atoms with E-state index in [1.807, 2.05) is 91.9 Å². The zero-order chi connectivity index (χ0) is 26.7. The smallest absolute Gasteiger partial charge is 0.336 e. The summed E-state index contributed by atoms with van der Waals surface area (Å²) >= 11 is 0. The summed E-state index contributed by atoms with van der Waals surface area (Å²) in [6, 6.07) is 27.2. The van der Waals surface area contributed by atoms with Crippen molar-refractivity contribution in [2.45, 2.75) is 46.0 Å². The van der Waals surface area contributed by atoms with Crippen molar-refractivity contribution in [1.82, 2.24) is 5.32 Å². The Morgan fingerprint density at radius 2 is 1.61 bits per heavy atom. The van der Waals surface area contributed by atoms with Crippen molar-refractivity contribution in [3.05, 3.63) is 119 Å². The minimum atomic E-state index is -0.529.